The van der Waals surface area contributed by atoms with Crippen LogP contribution in [0, 0.1) is 0 Å². The van der Waals surface area contributed by atoms with Gasteiger partial charge in [0.15, 0.2) is 0 Å². The van der Waals surface area contributed by atoms with E-state index in [4.69, 9.17) is 0 Å². The summed E-state index contributed by atoms with van der Waals surface area (Å²) >= 11 is 0. The van der Waals surface area contributed by atoms with Gasteiger partial charge in [0.05, 0.1) is 22.9 Å². The lowest BCUT2D eigenvalue weighted by molar-refractivity contribution is 0.881. The van der Waals surface area contributed by atoms with Gasteiger partial charge in [0.1, 0.15) is 0 Å². The van der Waals surface area contributed by atoms with Crippen molar-refractivity contribution in [2.45, 2.75) is 0 Å². The van der Waals surface area contributed by atoms with Gasteiger partial charge in [-0.15, -0.1) is 0 Å². The molecule has 0 aliphatic rings. The SMILES string of the molecule is c1ccc(-n2cc(-c3ccc(-c4ccc5c(c4)c4c6ccccc6c6ccc7ccccc7c6c4n5-c4ccccc4)cc3)cn2)cc1. The van der Waals surface area contributed by atoms with Crippen molar-refractivity contribution in [1.29, 1.82) is 0 Å². The third kappa shape index (κ3) is 4.04. The minimum atomic E-state index is 1.05. The van der Waals surface area contributed by atoms with Gasteiger partial charge in [-0.2, -0.15) is 5.10 Å². The molecule has 3 nitrogen and oxygen atoms in total. The Morgan fingerprint density at radius 3 is 1.75 bits per heavy atom. The van der Waals surface area contributed by atoms with Crippen LogP contribution >= 0.6 is 0 Å². The normalized spacial score (nSPS) is 11.8. The summed E-state index contributed by atoms with van der Waals surface area (Å²) in [6.45, 7) is 0. The summed E-state index contributed by atoms with van der Waals surface area (Å²) in [5.74, 6) is 0. The van der Waals surface area contributed by atoms with Gasteiger partial charge in [-0.3, -0.25) is 0 Å². The largest absolute Gasteiger partial charge is 0.309 e. The van der Waals surface area contributed by atoms with Gasteiger partial charge in [-0.1, -0.05) is 127 Å². The summed E-state index contributed by atoms with van der Waals surface area (Å²) in [6, 6.07) is 59.1. The predicted molar refractivity (Wildman–Crippen MR) is 201 cm³/mol. The van der Waals surface area contributed by atoms with E-state index in [9.17, 15) is 0 Å². The molecule has 2 heterocycles. The minimum absolute atomic E-state index is 1.05. The van der Waals surface area contributed by atoms with Crippen molar-refractivity contribution in [3.8, 4) is 33.6 Å². The number of rotatable bonds is 4. The summed E-state index contributed by atoms with van der Waals surface area (Å²) in [6.07, 6.45) is 4.03. The molecule has 0 amide bonds. The van der Waals surface area contributed by atoms with Crippen molar-refractivity contribution in [2.75, 3.05) is 0 Å². The molecule has 3 heteroatoms. The standard InChI is InChI=1S/C45H29N3/c1-3-12-35(13-4-1)47-29-34(28-46-47)31-21-19-30(20-22-31)33-24-26-42-41(27-33)44-39-18-10-9-17-38(39)40-25-23-32-11-7-8-16-37(32)43(40)45(44)48(42)36-14-5-2-6-15-36/h1-29H. The fourth-order valence-electron chi connectivity index (χ4n) is 7.56. The molecule has 0 fully saturated rings. The highest BCUT2D eigenvalue weighted by molar-refractivity contribution is 6.36. The number of nitrogens with zero attached hydrogens (tertiary/aromatic N) is 3. The van der Waals surface area contributed by atoms with Gasteiger partial charge in [0.25, 0.3) is 0 Å². The summed E-state index contributed by atoms with van der Waals surface area (Å²) in [5, 5.41) is 14.8. The van der Waals surface area contributed by atoms with Gasteiger partial charge in [-0.25, -0.2) is 4.68 Å². The van der Waals surface area contributed by atoms with E-state index in [0.29, 0.717) is 0 Å². The summed E-state index contributed by atoms with van der Waals surface area (Å²) in [5.41, 5.74) is 9.30. The van der Waals surface area contributed by atoms with Crippen molar-refractivity contribution in [3.63, 3.8) is 0 Å². The van der Waals surface area contributed by atoms with Crippen LogP contribution in [0.1, 0.15) is 0 Å². The molecule has 10 rings (SSSR count). The molecule has 0 saturated carbocycles. The number of para-hydroxylation sites is 2. The van der Waals surface area contributed by atoms with Gasteiger partial charge in [0, 0.05) is 33.6 Å². The quantitative estimate of drug-likeness (QED) is 0.182. The molecule has 0 bridgehead atoms. The van der Waals surface area contributed by atoms with Crippen LogP contribution in [0.5, 0.6) is 0 Å². The zero-order valence-electron chi connectivity index (χ0n) is 26.1. The minimum Gasteiger partial charge on any atom is -0.309 e. The molecule has 48 heavy (non-hydrogen) atoms. The topological polar surface area (TPSA) is 22.8 Å². The second kappa shape index (κ2) is 10.5. The fraction of sp³-hybridized carbons (Fsp3) is 0. The molecule has 2 aromatic heterocycles. The summed E-state index contributed by atoms with van der Waals surface area (Å²) < 4.78 is 4.40. The molecule has 0 unspecified atom stereocenters. The van der Waals surface area contributed by atoms with Crippen LogP contribution in [0.3, 0.4) is 0 Å². The van der Waals surface area contributed by atoms with Crippen molar-refractivity contribution in [2.24, 2.45) is 0 Å². The molecular formula is C45H29N3. The van der Waals surface area contributed by atoms with Crippen LogP contribution in [0.15, 0.2) is 176 Å². The molecule has 0 aliphatic heterocycles. The number of fused-ring (bicyclic) bond motifs is 10. The smallest absolute Gasteiger partial charge is 0.0645 e. The lowest BCUT2D eigenvalue weighted by Gasteiger charge is -2.14. The monoisotopic (exact) mass is 611 g/mol. The first-order valence-electron chi connectivity index (χ1n) is 16.4. The maximum Gasteiger partial charge on any atom is 0.0645 e. The molecule has 0 aliphatic carbocycles. The first-order chi connectivity index (χ1) is 23.8. The summed E-state index contributed by atoms with van der Waals surface area (Å²) in [4.78, 5) is 0. The van der Waals surface area contributed by atoms with E-state index in [1.807, 2.05) is 29.1 Å². The van der Waals surface area contributed by atoms with Gasteiger partial charge in [-0.05, 0) is 80.0 Å². The Balaban J connectivity index is 1.22. The average Bonchev–Trinajstić information content (AvgIpc) is 3.79. The third-order valence-corrected chi connectivity index (χ3v) is 9.79. The Bertz CT molecular complexity index is 2810. The van der Waals surface area contributed by atoms with Gasteiger partial charge in [0.2, 0.25) is 0 Å². The molecule has 224 valence electrons. The van der Waals surface area contributed by atoms with Gasteiger partial charge < -0.3 is 4.57 Å². The zero-order chi connectivity index (χ0) is 31.6. The Hall–Kier alpha value is -6.45. The highest BCUT2D eigenvalue weighted by Gasteiger charge is 2.21. The zero-order valence-corrected chi connectivity index (χ0v) is 26.1. The van der Waals surface area contributed by atoms with Crippen LogP contribution in [0.25, 0.3) is 87.8 Å². The van der Waals surface area contributed by atoms with E-state index in [-0.39, 0.29) is 0 Å². The molecule has 0 radical (unpaired) electrons. The van der Waals surface area contributed by atoms with Crippen LogP contribution in [-0.4, -0.2) is 14.3 Å². The highest BCUT2D eigenvalue weighted by Crippen LogP contribution is 2.45. The van der Waals surface area contributed by atoms with Crippen molar-refractivity contribution in [3.05, 3.63) is 176 Å². The van der Waals surface area contributed by atoms with Crippen LogP contribution in [0.2, 0.25) is 0 Å². The first kappa shape index (κ1) is 26.7. The van der Waals surface area contributed by atoms with Crippen molar-refractivity contribution >= 4 is 54.1 Å². The number of hydrogen-bond donors (Lipinski definition) is 0. The lowest BCUT2D eigenvalue weighted by atomic mass is 9.93. The van der Waals surface area contributed by atoms with Gasteiger partial charge >= 0.3 is 0 Å². The second-order valence-corrected chi connectivity index (χ2v) is 12.5. The molecule has 10 aromatic rings. The van der Waals surface area contributed by atoms with Crippen molar-refractivity contribution in [1.82, 2.24) is 14.3 Å². The fourth-order valence-corrected chi connectivity index (χ4v) is 7.56. The second-order valence-electron chi connectivity index (χ2n) is 12.5. The Kier molecular flexibility index (Phi) is 5.87. The first-order valence-corrected chi connectivity index (χ1v) is 16.4. The van der Waals surface area contributed by atoms with Crippen LogP contribution in [0.4, 0.5) is 0 Å². The lowest BCUT2D eigenvalue weighted by Crippen LogP contribution is -1.95. The third-order valence-electron chi connectivity index (χ3n) is 9.79. The molecule has 8 aromatic carbocycles. The van der Waals surface area contributed by atoms with Crippen LogP contribution in [-0.2, 0) is 0 Å². The Morgan fingerprint density at radius 2 is 0.979 bits per heavy atom. The average molecular weight is 612 g/mol. The molecule has 0 spiro atoms. The van der Waals surface area contributed by atoms with Crippen LogP contribution < -0.4 is 0 Å². The maximum absolute atomic E-state index is 4.61. The Morgan fingerprint density at radius 1 is 0.396 bits per heavy atom. The van der Waals surface area contributed by atoms with E-state index in [1.165, 1.54) is 65.3 Å². The Labute approximate surface area is 277 Å². The van der Waals surface area contributed by atoms with E-state index < -0.39 is 0 Å². The molecule has 0 atom stereocenters. The van der Waals surface area contributed by atoms with E-state index in [1.54, 1.807) is 0 Å². The van der Waals surface area contributed by atoms with E-state index >= 15 is 0 Å². The molecule has 0 N–H and O–H groups in total. The van der Waals surface area contributed by atoms with Crippen molar-refractivity contribution < 1.29 is 0 Å². The van der Waals surface area contributed by atoms with E-state index in [0.717, 1.165) is 22.5 Å². The maximum atomic E-state index is 4.61. The molecular weight excluding hydrogens is 583 g/mol. The predicted octanol–water partition coefficient (Wildman–Crippen LogP) is 11.8. The number of hydrogen-bond acceptors (Lipinski definition) is 1. The highest BCUT2D eigenvalue weighted by atomic mass is 15.3. The number of aromatic nitrogens is 3. The molecule has 0 saturated heterocycles. The van der Waals surface area contributed by atoms with E-state index in [2.05, 4.69) is 161 Å². The number of benzene rings is 8. The summed E-state index contributed by atoms with van der Waals surface area (Å²) in [7, 11) is 0.